The minimum atomic E-state index is -0.457. The fourth-order valence-corrected chi connectivity index (χ4v) is 2.20. The van der Waals surface area contributed by atoms with Crippen molar-refractivity contribution in [2.75, 3.05) is 25.5 Å². The first-order valence-electron chi connectivity index (χ1n) is 7.21. The number of nitro benzene ring substituents is 1. The second kappa shape index (κ2) is 8.20. The average Bonchev–Trinajstić information content (AvgIpc) is 2.40. The van der Waals surface area contributed by atoms with E-state index in [2.05, 4.69) is 31.1 Å². The van der Waals surface area contributed by atoms with Crippen LogP contribution in [0.15, 0.2) is 12.1 Å². The van der Waals surface area contributed by atoms with Crippen molar-refractivity contribution in [1.82, 2.24) is 4.90 Å². The standard InChI is InChI=1S/C15H24ClN3O2/c1-11(2)18(4)8-6-5-7-17-14-10-13(16)15(19(20)21)9-12(14)3/h9-11,17H,5-8H2,1-4H3. The number of hydrogen-bond donors (Lipinski definition) is 1. The Balaban J connectivity index is 2.46. The lowest BCUT2D eigenvalue weighted by Gasteiger charge is -2.20. The number of aryl methyl sites for hydroxylation is 1. The van der Waals surface area contributed by atoms with Gasteiger partial charge in [0.25, 0.3) is 5.69 Å². The first kappa shape index (κ1) is 17.7. The Morgan fingerprint density at radius 3 is 2.62 bits per heavy atom. The minimum Gasteiger partial charge on any atom is -0.385 e. The van der Waals surface area contributed by atoms with Crippen molar-refractivity contribution < 1.29 is 4.92 Å². The lowest BCUT2D eigenvalue weighted by atomic mass is 10.1. The number of nitro groups is 1. The molecule has 0 aliphatic heterocycles. The molecule has 0 heterocycles. The van der Waals surface area contributed by atoms with Gasteiger partial charge in [0.05, 0.1) is 4.92 Å². The van der Waals surface area contributed by atoms with Gasteiger partial charge < -0.3 is 10.2 Å². The van der Waals surface area contributed by atoms with E-state index in [1.807, 2.05) is 6.92 Å². The molecule has 0 radical (unpaired) electrons. The largest absolute Gasteiger partial charge is 0.385 e. The molecule has 0 atom stereocenters. The summed E-state index contributed by atoms with van der Waals surface area (Å²) in [5.74, 6) is 0. The summed E-state index contributed by atoms with van der Waals surface area (Å²) in [5.41, 5.74) is 1.66. The fraction of sp³-hybridized carbons (Fsp3) is 0.600. The smallest absolute Gasteiger partial charge is 0.288 e. The molecule has 21 heavy (non-hydrogen) atoms. The van der Waals surface area contributed by atoms with Gasteiger partial charge in [-0.3, -0.25) is 10.1 Å². The molecule has 118 valence electrons. The maximum atomic E-state index is 10.8. The number of benzene rings is 1. The van der Waals surface area contributed by atoms with Crippen molar-refractivity contribution in [1.29, 1.82) is 0 Å². The number of anilines is 1. The quantitative estimate of drug-likeness (QED) is 0.446. The van der Waals surface area contributed by atoms with Crippen LogP contribution in [0.4, 0.5) is 11.4 Å². The second-order valence-corrected chi connectivity index (χ2v) is 5.99. The molecule has 0 fully saturated rings. The zero-order valence-electron chi connectivity index (χ0n) is 13.1. The molecule has 0 saturated carbocycles. The monoisotopic (exact) mass is 313 g/mol. The van der Waals surface area contributed by atoms with E-state index in [9.17, 15) is 10.1 Å². The predicted molar refractivity (Wildman–Crippen MR) is 88.3 cm³/mol. The Morgan fingerprint density at radius 1 is 1.38 bits per heavy atom. The average molecular weight is 314 g/mol. The van der Waals surface area contributed by atoms with Crippen LogP contribution in [0.5, 0.6) is 0 Å². The number of halogens is 1. The molecule has 0 spiro atoms. The third kappa shape index (κ3) is 5.52. The zero-order valence-corrected chi connectivity index (χ0v) is 13.9. The number of hydrogen-bond acceptors (Lipinski definition) is 4. The first-order chi connectivity index (χ1) is 9.82. The number of rotatable bonds is 8. The summed E-state index contributed by atoms with van der Waals surface area (Å²) < 4.78 is 0. The summed E-state index contributed by atoms with van der Waals surface area (Å²) >= 11 is 5.92. The third-order valence-electron chi connectivity index (χ3n) is 3.63. The van der Waals surface area contributed by atoms with E-state index in [0.717, 1.165) is 37.2 Å². The van der Waals surface area contributed by atoms with Crippen molar-refractivity contribution >= 4 is 23.0 Å². The van der Waals surface area contributed by atoms with E-state index in [-0.39, 0.29) is 10.7 Å². The lowest BCUT2D eigenvalue weighted by molar-refractivity contribution is -0.384. The van der Waals surface area contributed by atoms with Crippen LogP contribution >= 0.6 is 11.6 Å². The summed E-state index contributed by atoms with van der Waals surface area (Å²) in [6.07, 6.45) is 2.16. The van der Waals surface area contributed by atoms with Crippen LogP contribution in [0.2, 0.25) is 5.02 Å². The van der Waals surface area contributed by atoms with Crippen LogP contribution in [0, 0.1) is 17.0 Å². The molecule has 0 unspecified atom stereocenters. The molecule has 1 rings (SSSR count). The van der Waals surface area contributed by atoms with Gasteiger partial charge in [0.15, 0.2) is 0 Å². The summed E-state index contributed by atoms with van der Waals surface area (Å²) in [6, 6.07) is 3.71. The van der Waals surface area contributed by atoms with E-state index < -0.39 is 4.92 Å². The number of nitrogens with one attached hydrogen (secondary N) is 1. The van der Waals surface area contributed by atoms with Crippen molar-refractivity contribution in [3.8, 4) is 0 Å². The molecule has 6 heteroatoms. The van der Waals surface area contributed by atoms with E-state index in [0.29, 0.717) is 6.04 Å². The summed E-state index contributed by atoms with van der Waals surface area (Å²) in [4.78, 5) is 12.7. The fourth-order valence-electron chi connectivity index (χ4n) is 1.96. The highest BCUT2D eigenvalue weighted by Crippen LogP contribution is 2.30. The highest BCUT2D eigenvalue weighted by atomic mass is 35.5. The second-order valence-electron chi connectivity index (χ2n) is 5.58. The van der Waals surface area contributed by atoms with Crippen LogP contribution in [0.3, 0.4) is 0 Å². The van der Waals surface area contributed by atoms with Gasteiger partial charge in [0, 0.05) is 24.3 Å². The Labute approximate surface area is 131 Å². The van der Waals surface area contributed by atoms with Crippen molar-refractivity contribution in [2.24, 2.45) is 0 Å². The molecular formula is C15H24ClN3O2. The van der Waals surface area contributed by atoms with Gasteiger partial charge in [-0.15, -0.1) is 0 Å². The van der Waals surface area contributed by atoms with Crippen LogP contribution in [0.1, 0.15) is 32.3 Å². The van der Waals surface area contributed by atoms with E-state index in [1.165, 1.54) is 6.07 Å². The molecule has 0 aliphatic carbocycles. The third-order valence-corrected chi connectivity index (χ3v) is 3.93. The van der Waals surface area contributed by atoms with E-state index in [4.69, 9.17) is 11.6 Å². The zero-order chi connectivity index (χ0) is 16.0. The topological polar surface area (TPSA) is 58.4 Å². The predicted octanol–water partition coefficient (Wildman–Crippen LogP) is 4.09. The van der Waals surface area contributed by atoms with E-state index >= 15 is 0 Å². The van der Waals surface area contributed by atoms with Crippen molar-refractivity contribution in [3.63, 3.8) is 0 Å². The van der Waals surface area contributed by atoms with Crippen LogP contribution in [-0.2, 0) is 0 Å². The van der Waals surface area contributed by atoms with Gasteiger partial charge in [-0.05, 0) is 58.8 Å². The maximum absolute atomic E-state index is 10.8. The van der Waals surface area contributed by atoms with Gasteiger partial charge in [0.2, 0.25) is 0 Å². The molecule has 0 aromatic heterocycles. The minimum absolute atomic E-state index is 0.0433. The van der Waals surface area contributed by atoms with Crippen LogP contribution < -0.4 is 5.32 Å². The summed E-state index contributed by atoms with van der Waals surface area (Å²) in [5, 5.41) is 14.3. The Bertz CT molecular complexity index is 492. The maximum Gasteiger partial charge on any atom is 0.288 e. The highest BCUT2D eigenvalue weighted by Gasteiger charge is 2.14. The van der Waals surface area contributed by atoms with Crippen molar-refractivity contribution in [3.05, 3.63) is 32.8 Å². The molecule has 0 amide bonds. The van der Waals surface area contributed by atoms with E-state index in [1.54, 1.807) is 6.07 Å². The summed E-state index contributed by atoms with van der Waals surface area (Å²) in [6.45, 7) is 8.11. The van der Waals surface area contributed by atoms with Gasteiger partial charge in [-0.25, -0.2) is 0 Å². The molecule has 5 nitrogen and oxygen atoms in total. The molecule has 0 aliphatic rings. The van der Waals surface area contributed by atoms with Gasteiger partial charge >= 0.3 is 0 Å². The molecule has 1 aromatic rings. The normalized spacial score (nSPS) is 11.2. The van der Waals surface area contributed by atoms with Crippen molar-refractivity contribution in [2.45, 2.75) is 39.7 Å². The van der Waals surface area contributed by atoms with Gasteiger partial charge in [-0.1, -0.05) is 11.6 Å². The molecule has 1 N–H and O–H groups in total. The Morgan fingerprint density at radius 2 is 2.05 bits per heavy atom. The van der Waals surface area contributed by atoms with Gasteiger partial charge in [0.1, 0.15) is 5.02 Å². The van der Waals surface area contributed by atoms with Crippen LogP contribution in [0.25, 0.3) is 0 Å². The number of nitrogens with zero attached hydrogens (tertiary/aromatic N) is 2. The molecule has 0 saturated heterocycles. The molecule has 1 aromatic carbocycles. The van der Waals surface area contributed by atoms with Crippen LogP contribution in [-0.4, -0.2) is 36.0 Å². The van der Waals surface area contributed by atoms with Gasteiger partial charge in [-0.2, -0.15) is 0 Å². The number of unbranched alkanes of at least 4 members (excludes halogenated alkanes) is 1. The Kier molecular flexibility index (Phi) is 6.92. The summed E-state index contributed by atoms with van der Waals surface area (Å²) in [7, 11) is 2.12. The SMILES string of the molecule is Cc1cc([N+](=O)[O-])c(Cl)cc1NCCCCN(C)C(C)C. The Hall–Kier alpha value is -1.33. The lowest BCUT2D eigenvalue weighted by Crippen LogP contribution is -2.27. The first-order valence-corrected chi connectivity index (χ1v) is 7.59. The highest BCUT2D eigenvalue weighted by molar-refractivity contribution is 6.33. The molecular weight excluding hydrogens is 290 g/mol. The molecule has 0 bridgehead atoms.